The van der Waals surface area contributed by atoms with Crippen LogP contribution < -0.4 is 10.1 Å². The number of nitrogens with zero attached hydrogens (tertiary/aromatic N) is 2. The maximum Gasteiger partial charge on any atom is 0.247 e. The molecular weight excluding hydrogens is 404 g/mol. The van der Waals surface area contributed by atoms with Crippen molar-refractivity contribution in [2.24, 2.45) is 0 Å². The van der Waals surface area contributed by atoms with E-state index in [2.05, 4.69) is 15.3 Å². The van der Waals surface area contributed by atoms with Gasteiger partial charge in [-0.2, -0.15) is 0 Å². The number of carbonyl (C=O) groups is 2. The van der Waals surface area contributed by atoms with E-state index in [9.17, 15) is 9.59 Å². The molecule has 5 rings (SSSR count). The number of amides is 2. The molecule has 1 aliphatic carbocycles. The van der Waals surface area contributed by atoms with Crippen LogP contribution in [-0.4, -0.2) is 46.4 Å². The monoisotopic (exact) mass is 432 g/mol. The van der Waals surface area contributed by atoms with E-state index in [1.165, 1.54) is 0 Å². The van der Waals surface area contributed by atoms with Crippen LogP contribution in [0.15, 0.2) is 48.8 Å². The Hall–Kier alpha value is -3.35. The highest BCUT2D eigenvalue weighted by Gasteiger charge is 2.48. The fraction of sp³-hybridized carbons (Fsp3) is 0.400. The molecule has 2 amide bonds. The minimum Gasteiger partial charge on any atom is -0.497 e. The van der Waals surface area contributed by atoms with Crippen molar-refractivity contribution in [3.8, 4) is 5.75 Å². The van der Waals surface area contributed by atoms with Gasteiger partial charge < -0.3 is 19.9 Å². The van der Waals surface area contributed by atoms with Crippen molar-refractivity contribution in [3.63, 3.8) is 0 Å². The van der Waals surface area contributed by atoms with Crippen LogP contribution in [0.4, 0.5) is 5.69 Å². The number of hydrogen-bond acceptors (Lipinski definition) is 4. The van der Waals surface area contributed by atoms with Gasteiger partial charge in [0.05, 0.1) is 30.1 Å². The van der Waals surface area contributed by atoms with Gasteiger partial charge in [-0.3, -0.25) is 9.59 Å². The number of para-hydroxylation sites is 1. The van der Waals surface area contributed by atoms with Gasteiger partial charge in [-0.05, 0) is 55.5 Å². The summed E-state index contributed by atoms with van der Waals surface area (Å²) in [5, 5.41) is 3.02. The minimum atomic E-state index is -0.558. The van der Waals surface area contributed by atoms with Crippen LogP contribution in [0, 0.1) is 0 Å². The van der Waals surface area contributed by atoms with E-state index in [0.29, 0.717) is 18.7 Å². The Balaban J connectivity index is 1.40. The molecule has 2 aromatic carbocycles. The third-order valence-corrected chi connectivity index (χ3v) is 7.03. The largest absolute Gasteiger partial charge is 0.497 e. The molecule has 7 nitrogen and oxygen atoms in total. The molecule has 1 atom stereocenters. The van der Waals surface area contributed by atoms with Crippen molar-refractivity contribution in [1.82, 2.24) is 14.9 Å². The number of imidazole rings is 1. The predicted octanol–water partition coefficient (Wildman–Crippen LogP) is 4.01. The number of aromatic amines is 1. The van der Waals surface area contributed by atoms with Gasteiger partial charge in [0, 0.05) is 6.54 Å². The molecule has 1 aromatic heterocycles. The molecular formula is C25H28N4O3. The highest BCUT2D eigenvalue weighted by molar-refractivity contribution is 6.03. The van der Waals surface area contributed by atoms with Crippen molar-refractivity contribution >= 4 is 28.5 Å². The molecule has 1 aliphatic heterocycles. The Morgan fingerprint density at radius 3 is 2.66 bits per heavy atom. The maximum atomic E-state index is 14.0. The Morgan fingerprint density at radius 2 is 1.91 bits per heavy atom. The Labute approximate surface area is 187 Å². The number of likely N-dealkylation sites (tertiary alicyclic amines) is 1. The quantitative estimate of drug-likeness (QED) is 0.638. The van der Waals surface area contributed by atoms with Crippen molar-refractivity contribution in [2.75, 3.05) is 19.0 Å². The molecule has 0 radical (unpaired) electrons. The van der Waals surface area contributed by atoms with E-state index < -0.39 is 11.5 Å². The molecule has 1 saturated heterocycles. The average molecular weight is 433 g/mol. The van der Waals surface area contributed by atoms with Crippen molar-refractivity contribution in [3.05, 3.63) is 54.4 Å². The normalized spacial score (nSPS) is 19.9. The van der Waals surface area contributed by atoms with Gasteiger partial charge in [0.25, 0.3) is 0 Å². The average Bonchev–Trinajstić information content (AvgIpc) is 3.59. The summed E-state index contributed by atoms with van der Waals surface area (Å²) in [5.74, 6) is 0.713. The Morgan fingerprint density at radius 1 is 1.12 bits per heavy atom. The van der Waals surface area contributed by atoms with Gasteiger partial charge in [-0.25, -0.2) is 4.98 Å². The zero-order valence-electron chi connectivity index (χ0n) is 18.3. The third kappa shape index (κ3) is 3.42. The van der Waals surface area contributed by atoms with Gasteiger partial charge in [-0.1, -0.05) is 31.0 Å². The summed E-state index contributed by atoms with van der Waals surface area (Å²) in [6.45, 7) is 0.613. The van der Waals surface area contributed by atoms with E-state index in [1.54, 1.807) is 13.4 Å². The number of methoxy groups -OCH3 is 1. The predicted molar refractivity (Wildman–Crippen MR) is 123 cm³/mol. The van der Waals surface area contributed by atoms with Crippen molar-refractivity contribution in [2.45, 2.75) is 50.0 Å². The standard InChI is InChI=1S/C25H28N4O3/c1-32-18-11-9-17(10-12-18)25(13-2-3-14-25)24(31)29-15-5-8-21(29)23(30)28-20-7-4-6-19-22(20)27-16-26-19/h4,6-7,9-12,16,21H,2-3,5,8,13-15H2,1H3,(H,26,27)(H,28,30)/t21-/m1/s1. The summed E-state index contributed by atoms with van der Waals surface area (Å²) in [6, 6.07) is 13.0. The lowest BCUT2D eigenvalue weighted by molar-refractivity contribution is -0.141. The van der Waals surface area contributed by atoms with Gasteiger partial charge in [0.15, 0.2) is 0 Å². The van der Waals surface area contributed by atoms with Crippen molar-refractivity contribution in [1.29, 1.82) is 0 Å². The second kappa shape index (κ2) is 8.30. The summed E-state index contributed by atoms with van der Waals surface area (Å²) in [4.78, 5) is 36.4. The molecule has 2 heterocycles. The van der Waals surface area contributed by atoms with E-state index in [-0.39, 0.29) is 11.8 Å². The first-order valence-electron chi connectivity index (χ1n) is 11.3. The zero-order valence-corrected chi connectivity index (χ0v) is 18.3. The summed E-state index contributed by atoms with van der Waals surface area (Å²) >= 11 is 0. The second-order valence-electron chi connectivity index (χ2n) is 8.77. The van der Waals surface area contributed by atoms with Crippen LogP contribution in [0.3, 0.4) is 0 Å². The number of rotatable bonds is 5. The smallest absolute Gasteiger partial charge is 0.247 e. The minimum absolute atomic E-state index is 0.0794. The maximum absolute atomic E-state index is 14.0. The van der Waals surface area contributed by atoms with Gasteiger partial charge >= 0.3 is 0 Å². The van der Waals surface area contributed by atoms with Crippen LogP contribution >= 0.6 is 0 Å². The van der Waals surface area contributed by atoms with Crippen LogP contribution in [-0.2, 0) is 15.0 Å². The van der Waals surface area contributed by atoms with E-state index in [0.717, 1.165) is 54.5 Å². The lowest BCUT2D eigenvalue weighted by Crippen LogP contribution is -2.51. The summed E-state index contributed by atoms with van der Waals surface area (Å²) in [5.41, 5.74) is 2.72. The van der Waals surface area contributed by atoms with Crippen LogP contribution in [0.25, 0.3) is 11.0 Å². The highest BCUT2D eigenvalue weighted by Crippen LogP contribution is 2.44. The fourth-order valence-electron chi connectivity index (χ4n) is 5.35. The van der Waals surface area contributed by atoms with Gasteiger partial charge in [0.2, 0.25) is 11.8 Å². The molecule has 0 bridgehead atoms. The molecule has 3 aromatic rings. The molecule has 0 unspecified atom stereocenters. The molecule has 7 heteroatoms. The lowest BCUT2D eigenvalue weighted by Gasteiger charge is -2.35. The number of H-pyrrole nitrogens is 1. The van der Waals surface area contributed by atoms with E-state index in [4.69, 9.17) is 4.74 Å². The van der Waals surface area contributed by atoms with Gasteiger partial charge in [0.1, 0.15) is 17.3 Å². The highest BCUT2D eigenvalue weighted by atomic mass is 16.5. The third-order valence-electron chi connectivity index (χ3n) is 7.03. The Bertz CT molecular complexity index is 1130. The molecule has 1 saturated carbocycles. The number of fused-ring (bicyclic) bond motifs is 1. The first-order valence-corrected chi connectivity index (χ1v) is 11.3. The van der Waals surface area contributed by atoms with Crippen LogP contribution in [0.5, 0.6) is 5.75 Å². The molecule has 0 spiro atoms. The van der Waals surface area contributed by atoms with E-state index >= 15 is 0 Å². The molecule has 2 aliphatic rings. The summed E-state index contributed by atoms with van der Waals surface area (Å²) < 4.78 is 5.30. The van der Waals surface area contributed by atoms with Crippen LogP contribution in [0.2, 0.25) is 0 Å². The summed E-state index contributed by atoms with van der Waals surface area (Å²) in [6.07, 6.45) is 6.78. The molecule has 2 fully saturated rings. The summed E-state index contributed by atoms with van der Waals surface area (Å²) in [7, 11) is 1.64. The molecule has 32 heavy (non-hydrogen) atoms. The number of nitrogens with one attached hydrogen (secondary N) is 2. The number of anilines is 1. The van der Waals surface area contributed by atoms with Crippen molar-refractivity contribution < 1.29 is 14.3 Å². The zero-order chi connectivity index (χ0) is 22.1. The van der Waals surface area contributed by atoms with Crippen LogP contribution in [0.1, 0.15) is 44.1 Å². The lowest BCUT2D eigenvalue weighted by atomic mass is 9.77. The first kappa shape index (κ1) is 20.5. The van der Waals surface area contributed by atoms with E-state index in [1.807, 2.05) is 47.4 Å². The second-order valence-corrected chi connectivity index (χ2v) is 8.77. The Kier molecular flexibility index (Phi) is 5.33. The fourth-order valence-corrected chi connectivity index (χ4v) is 5.35. The SMILES string of the molecule is COc1ccc(C2(C(=O)N3CCC[C@@H]3C(=O)Nc3cccc4[nH]cnc34)CCCC2)cc1. The first-order chi connectivity index (χ1) is 15.6. The number of carbonyl (C=O) groups excluding carboxylic acids is 2. The number of ether oxygens (including phenoxy) is 1. The van der Waals surface area contributed by atoms with Gasteiger partial charge in [-0.15, -0.1) is 0 Å². The molecule has 2 N–H and O–H groups in total. The number of aromatic nitrogens is 2. The topological polar surface area (TPSA) is 87.3 Å². The molecule has 166 valence electrons. The number of hydrogen-bond donors (Lipinski definition) is 2. The number of benzene rings is 2.